The standard InChI is InChI=1S/C11H12N2O2/c14-8-13-11-4-10(5-12-6-11)9-2-1-3-15-7-9/h4-6,9H,1-3,7H2. The summed E-state index contributed by atoms with van der Waals surface area (Å²) in [6.45, 7) is 1.58. The average Bonchev–Trinajstić information content (AvgIpc) is 2.31. The van der Waals surface area contributed by atoms with Crippen molar-refractivity contribution in [3.8, 4) is 0 Å². The highest BCUT2D eigenvalue weighted by molar-refractivity contribution is 5.48. The largest absolute Gasteiger partial charge is 0.381 e. The summed E-state index contributed by atoms with van der Waals surface area (Å²) in [7, 11) is 0. The first-order valence-corrected chi connectivity index (χ1v) is 5.00. The van der Waals surface area contributed by atoms with Crippen LogP contribution in [0.3, 0.4) is 0 Å². The third-order valence-corrected chi connectivity index (χ3v) is 2.55. The van der Waals surface area contributed by atoms with Crippen LogP contribution in [0.25, 0.3) is 0 Å². The van der Waals surface area contributed by atoms with Crippen LogP contribution >= 0.6 is 0 Å². The van der Waals surface area contributed by atoms with E-state index < -0.39 is 0 Å². The SMILES string of the molecule is O=C=Nc1cncc(C2CCCOC2)c1. The van der Waals surface area contributed by atoms with Gasteiger partial charge in [-0.1, -0.05) is 0 Å². The van der Waals surface area contributed by atoms with Crippen LogP contribution in [0.15, 0.2) is 23.5 Å². The molecule has 4 heteroatoms. The number of carbonyl (C=O) groups excluding carboxylic acids is 1. The fourth-order valence-corrected chi connectivity index (χ4v) is 1.79. The van der Waals surface area contributed by atoms with Gasteiger partial charge in [0.05, 0.1) is 18.5 Å². The Morgan fingerprint density at radius 2 is 2.47 bits per heavy atom. The van der Waals surface area contributed by atoms with E-state index >= 15 is 0 Å². The van der Waals surface area contributed by atoms with Gasteiger partial charge >= 0.3 is 0 Å². The molecule has 2 rings (SSSR count). The summed E-state index contributed by atoms with van der Waals surface area (Å²) in [6, 6.07) is 1.87. The highest BCUT2D eigenvalue weighted by Crippen LogP contribution is 2.26. The molecule has 0 aliphatic carbocycles. The molecule has 1 atom stereocenters. The van der Waals surface area contributed by atoms with Crippen LogP contribution in [-0.2, 0) is 9.53 Å². The van der Waals surface area contributed by atoms with E-state index in [1.807, 2.05) is 12.3 Å². The lowest BCUT2D eigenvalue weighted by molar-refractivity contribution is 0.0803. The van der Waals surface area contributed by atoms with Gasteiger partial charge in [-0.05, 0) is 24.5 Å². The Balaban J connectivity index is 2.19. The van der Waals surface area contributed by atoms with Crippen LogP contribution in [0.2, 0.25) is 0 Å². The second kappa shape index (κ2) is 4.82. The van der Waals surface area contributed by atoms with Gasteiger partial charge in [0.15, 0.2) is 0 Å². The van der Waals surface area contributed by atoms with Crippen molar-refractivity contribution in [2.75, 3.05) is 13.2 Å². The van der Waals surface area contributed by atoms with E-state index in [0.29, 0.717) is 11.6 Å². The lowest BCUT2D eigenvalue weighted by atomic mass is 9.95. The number of aliphatic imine (C=N–C) groups is 1. The maximum absolute atomic E-state index is 10.1. The number of nitrogens with zero attached hydrogens (tertiary/aromatic N) is 2. The van der Waals surface area contributed by atoms with E-state index in [4.69, 9.17) is 4.74 Å². The zero-order chi connectivity index (χ0) is 10.5. The normalized spacial score (nSPS) is 20.7. The zero-order valence-corrected chi connectivity index (χ0v) is 8.35. The van der Waals surface area contributed by atoms with Crippen LogP contribution in [0.4, 0.5) is 5.69 Å². The Morgan fingerprint density at radius 1 is 1.53 bits per heavy atom. The van der Waals surface area contributed by atoms with E-state index in [-0.39, 0.29) is 0 Å². The lowest BCUT2D eigenvalue weighted by Crippen LogP contribution is -2.15. The van der Waals surface area contributed by atoms with E-state index in [1.54, 1.807) is 6.20 Å². The minimum atomic E-state index is 0.382. The van der Waals surface area contributed by atoms with Crippen LogP contribution in [0.1, 0.15) is 24.3 Å². The van der Waals surface area contributed by atoms with Gasteiger partial charge in [0.1, 0.15) is 0 Å². The highest BCUT2D eigenvalue weighted by Gasteiger charge is 2.16. The van der Waals surface area contributed by atoms with E-state index in [9.17, 15) is 4.79 Å². The summed E-state index contributed by atoms with van der Waals surface area (Å²) in [5, 5.41) is 0. The van der Waals surface area contributed by atoms with Crippen molar-refractivity contribution in [2.24, 2.45) is 4.99 Å². The molecule has 15 heavy (non-hydrogen) atoms. The number of hydrogen-bond acceptors (Lipinski definition) is 4. The van der Waals surface area contributed by atoms with Crippen LogP contribution < -0.4 is 0 Å². The van der Waals surface area contributed by atoms with Crippen molar-refractivity contribution in [3.63, 3.8) is 0 Å². The minimum Gasteiger partial charge on any atom is -0.381 e. The summed E-state index contributed by atoms with van der Waals surface area (Å²) in [6.07, 6.45) is 7.06. The van der Waals surface area contributed by atoms with E-state index in [0.717, 1.165) is 31.6 Å². The molecular formula is C11H12N2O2. The molecular weight excluding hydrogens is 192 g/mol. The fourth-order valence-electron chi connectivity index (χ4n) is 1.79. The Hall–Kier alpha value is -1.51. The lowest BCUT2D eigenvalue weighted by Gasteiger charge is -2.21. The highest BCUT2D eigenvalue weighted by atomic mass is 16.5. The topological polar surface area (TPSA) is 51.5 Å². The number of pyridine rings is 1. The van der Waals surface area contributed by atoms with Crippen LogP contribution in [-0.4, -0.2) is 24.3 Å². The van der Waals surface area contributed by atoms with Gasteiger partial charge in [-0.25, -0.2) is 4.79 Å². The van der Waals surface area contributed by atoms with Gasteiger partial charge in [0, 0.05) is 18.7 Å². The maximum Gasteiger partial charge on any atom is 0.240 e. The molecule has 0 radical (unpaired) electrons. The molecule has 0 aromatic carbocycles. The van der Waals surface area contributed by atoms with Gasteiger partial charge in [0.2, 0.25) is 6.08 Å². The minimum absolute atomic E-state index is 0.382. The summed E-state index contributed by atoms with van der Waals surface area (Å²) in [4.78, 5) is 17.7. The van der Waals surface area contributed by atoms with Gasteiger partial charge in [-0.15, -0.1) is 0 Å². The van der Waals surface area contributed by atoms with Crippen molar-refractivity contribution in [1.29, 1.82) is 0 Å². The molecule has 1 aromatic rings. The molecule has 4 nitrogen and oxygen atoms in total. The Labute approximate surface area is 88.0 Å². The van der Waals surface area contributed by atoms with Crippen molar-refractivity contribution in [1.82, 2.24) is 4.98 Å². The number of ether oxygens (including phenoxy) is 1. The van der Waals surface area contributed by atoms with Crippen molar-refractivity contribution in [3.05, 3.63) is 24.0 Å². The summed E-state index contributed by atoms with van der Waals surface area (Å²) < 4.78 is 5.40. The molecule has 78 valence electrons. The Bertz CT molecular complexity index is 380. The quantitative estimate of drug-likeness (QED) is 0.546. The molecule has 0 spiro atoms. The van der Waals surface area contributed by atoms with Gasteiger partial charge in [-0.2, -0.15) is 4.99 Å². The van der Waals surface area contributed by atoms with Gasteiger partial charge < -0.3 is 4.74 Å². The molecule has 2 heterocycles. The number of hydrogen-bond donors (Lipinski definition) is 0. The zero-order valence-electron chi connectivity index (χ0n) is 8.35. The third-order valence-electron chi connectivity index (χ3n) is 2.55. The van der Waals surface area contributed by atoms with Crippen molar-refractivity contribution in [2.45, 2.75) is 18.8 Å². The molecule has 1 unspecified atom stereocenters. The second-order valence-electron chi connectivity index (χ2n) is 3.59. The van der Waals surface area contributed by atoms with Crippen molar-refractivity contribution < 1.29 is 9.53 Å². The van der Waals surface area contributed by atoms with Crippen LogP contribution in [0, 0.1) is 0 Å². The molecule has 1 aliphatic rings. The fraction of sp³-hybridized carbons (Fsp3) is 0.455. The molecule has 0 N–H and O–H groups in total. The monoisotopic (exact) mass is 204 g/mol. The van der Waals surface area contributed by atoms with Gasteiger partial charge in [-0.3, -0.25) is 4.98 Å². The molecule has 0 amide bonds. The molecule has 0 bridgehead atoms. The first-order valence-electron chi connectivity index (χ1n) is 5.00. The molecule has 1 fully saturated rings. The second-order valence-corrected chi connectivity index (χ2v) is 3.59. The van der Waals surface area contributed by atoms with E-state index in [1.165, 1.54) is 6.08 Å². The number of isocyanates is 1. The van der Waals surface area contributed by atoms with Crippen molar-refractivity contribution >= 4 is 11.8 Å². The first-order chi connectivity index (χ1) is 7.40. The number of rotatable bonds is 2. The smallest absolute Gasteiger partial charge is 0.240 e. The summed E-state index contributed by atoms with van der Waals surface area (Å²) in [5.74, 6) is 0.382. The molecule has 1 aliphatic heterocycles. The van der Waals surface area contributed by atoms with Gasteiger partial charge in [0.25, 0.3) is 0 Å². The maximum atomic E-state index is 10.1. The third kappa shape index (κ3) is 2.49. The summed E-state index contributed by atoms with van der Waals surface area (Å²) >= 11 is 0. The Morgan fingerprint density at radius 3 is 3.20 bits per heavy atom. The van der Waals surface area contributed by atoms with E-state index in [2.05, 4.69) is 9.98 Å². The average molecular weight is 204 g/mol. The molecule has 1 saturated heterocycles. The Kier molecular flexibility index (Phi) is 3.22. The summed E-state index contributed by atoms with van der Waals surface area (Å²) in [5.41, 5.74) is 1.65. The number of aromatic nitrogens is 1. The predicted molar refractivity (Wildman–Crippen MR) is 54.8 cm³/mol. The molecule has 1 aromatic heterocycles. The molecule has 0 saturated carbocycles. The predicted octanol–water partition coefficient (Wildman–Crippen LogP) is 1.94. The first kappa shape index (κ1) is 10.0. The van der Waals surface area contributed by atoms with Crippen LogP contribution in [0.5, 0.6) is 0 Å².